The van der Waals surface area contributed by atoms with Crippen molar-refractivity contribution in [2.24, 2.45) is 0 Å². The molecule has 0 radical (unpaired) electrons. The number of hydrogen-bond donors (Lipinski definition) is 0. The molecule has 122 valence electrons. The van der Waals surface area contributed by atoms with E-state index in [-0.39, 0.29) is 11.9 Å². The van der Waals surface area contributed by atoms with Crippen LogP contribution in [-0.4, -0.2) is 35.6 Å². The normalized spacial score (nSPS) is 16.1. The third kappa shape index (κ3) is 3.76. The Morgan fingerprint density at radius 1 is 1.13 bits per heavy atom. The van der Waals surface area contributed by atoms with Gasteiger partial charge >= 0.3 is 0 Å². The molecule has 3 rings (SSSR count). The Balaban J connectivity index is 1.82. The highest BCUT2D eigenvalue weighted by atomic mass is 16.5. The number of piperidine rings is 1. The van der Waals surface area contributed by atoms with Gasteiger partial charge in [0, 0.05) is 25.5 Å². The molecule has 1 aromatic heterocycles. The van der Waals surface area contributed by atoms with Crippen LogP contribution in [0.1, 0.15) is 37.3 Å². The van der Waals surface area contributed by atoms with Crippen LogP contribution in [0.2, 0.25) is 0 Å². The van der Waals surface area contributed by atoms with Crippen LogP contribution in [0.4, 0.5) is 0 Å². The molecule has 4 heteroatoms. The van der Waals surface area contributed by atoms with Crippen molar-refractivity contribution in [3.63, 3.8) is 0 Å². The number of carbonyl (C=O) groups is 1. The van der Waals surface area contributed by atoms with Crippen LogP contribution in [0.5, 0.6) is 5.75 Å². The molecule has 0 unspecified atom stereocenters. The lowest BCUT2D eigenvalue weighted by molar-refractivity contribution is -0.132. The maximum atomic E-state index is 12.7. The summed E-state index contributed by atoms with van der Waals surface area (Å²) in [6.07, 6.45) is 8.02. The molecule has 0 N–H and O–H groups in total. The summed E-state index contributed by atoms with van der Waals surface area (Å²) in [5.41, 5.74) is 1.10. The van der Waals surface area contributed by atoms with Crippen LogP contribution in [0.3, 0.4) is 0 Å². The van der Waals surface area contributed by atoms with Crippen LogP contribution in [0, 0.1) is 0 Å². The molecule has 4 nitrogen and oxygen atoms in total. The summed E-state index contributed by atoms with van der Waals surface area (Å²) in [4.78, 5) is 14.7. The van der Waals surface area contributed by atoms with Crippen LogP contribution in [0.15, 0.2) is 48.8 Å². The molecule has 2 aromatic rings. The second-order valence-corrected chi connectivity index (χ2v) is 6.07. The van der Waals surface area contributed by atoms with Gasteiger partial charge in [-0.2, -0.15) is 0 Å². The van der Waals surface area contributed by atoms with Gasteiger partial charge in [0.05, 0.1) is 19.6 Å². The van der Waals surface area contributed by atoms with E-state index in [1.54, 1.807) is 7.11 Å². The smallest absolute Gasteiger partial charge is 0.225 e. The number of nitrogens with zero attached hydrogens (tertiary/aromatic N) is 2. The van der Waals surface area contributed by atoms with Crippen LogP contribution < -0.4 is 4.74 Å². The first kappa shape index (κ1) is 15.7. The molecule has 1 saturated heterocycles. The lowest BCUT2D eigenvalue weighted by atomic mass is 10.0. The van der Waals surface area contributed by atoms with E-state index in [1.165, 1.54) is 6.42 Å². The predicted molar refractivity (Wildman–Crippen MR) is 90.6 cm³/mol. The molecule has 1 fully saturated rings. The molecule has 2 heterocycles. The molecular formula is C19H24N2O2. The molecule has 0 spiro atoms. The second kappa shape index (κ2) is 7.36. The first-order chi connectivity index (χ1) is 11.3. The van der Waals surface area contributed by atoms with Crippen LogP contribution >= 0.6 is 0 Å². The Labute approximate surface area is 137 Å². The largest absolute Gasteiger partial charge is 0.497 e. The molecule has 1 amide bonds. The monoisotopic (exact) mass is 312 g/mol. The standard InChI is InChI=1S/C19H24N2O2/c1-23-17-9-7-8-16(14-17)18(20-10-5-6-11-20)15-19(22)21-12-3-2-4-13-21/h5-11,14,18H,2-4,12-13,15H2,1H3/t18-/m0/s1. The highest BCUT2D eigenvalue weighted by Crippen LogP contribution is 2.27. The van der Waals surface area contributed by atoms with E-state index in [0.29, 0.717) is 6.42 Å². The fourth-order valence-electron chi connectivity index (χ4n) is 3.24. The molecule has 23 heavy (non-hydrogen) atoms. The number of amides is 1. The van der Waals surface area contributed by atoms with E-state index in [0.717, 1.165) is 37.2 Å². The Kier molecular flexibility index (Phi) is 5.01. The number of ether oxygens (including phenoxy) is 1. The third-order valence-electron chi connectivity index (χ3n) is 4.54. The summed E-state index contributed by atoms with van der Waals surface area (Å²) >= 11 is 0. The van der Waals surface area contributed by atoms with E-state index in [9.17, 15) is 4.79 Å². The highest BCUT2D eigenvalue weighted by molar-refractivity contribution is 5.77. The number of methoxy groups -OCH3 is 1. The van der Waals surface area contributed by atoms with E-state index >= 15 is 0 Å². The van der Waals surface area contributed by atoms with Gasteiger partial charge in [0.15, 0.2) is 0 Å². The van der Waals surface area contributed by atoms with E-state index in [2.05, 4.69) is 10.6 Å². The van der Waals surface area contributed by atoms with Crippen molar-refractivity contribution in [1.29, 1.82) is 0 Å². The molecule has 1 aliphatic rings. The van der Waals surface area contributed by atoms with Crippen LogP contribution in [0.25, 0.3) is 0 Å². The van der Waals surface area contributed by atoms with Crippen molar-refractivity contribution in [3.05, 3.63) is 54.4 Å². The number of benzene rings is 1. The van der Waals surface area contributed by atoms with Gasteiger partial charge in [0.25, 0.3) is 0 Å². The molecule has 0 bridgehead atoms. The first-order valence-corrected chi connectivity index (χ1v) is 8.32. The summed E-state index contributed by atoms with van der Waals surface area (Å²) < 4.78 is 7.45. The number of hydrogen-bond acceptors (Lipinski definition) is 2. The van der Waals surface area contributed by atoms with E-state index in [1.807, 2.05) is 47.6 Å². The zero-order valence-electron chi connectivity index (χ0n) is 13.6. The average molecular weight is 312 g/mol. The minimum absolute atomic E-state index is 0.00882. The van der Waals surface area contributed by atoms with Crippen molar-refractivity contribution in [2.45, 2.75) is 31.7 Å². The third-order valence-corrected chi connectivity index (χ3v) is 4.54. The van der Waals surface area contributed by atoms with Gasteiger partial charge in [0.1, 0.15) is 5.75 Å². The number of likely N-dealkylation sites (tertiary alicyclic amines) is 1. The molecule has 1 aromatic carbocycles. The van der Waals surface area contributed by atoms with E-state index < -0.39 is 0 Å². The van der Waals surface area contributed by atoms with Crippen LogP contribution in [-0.2, 0) is 4.79 Å². The van der Waals surface area contributed by atoms with Gasteiger partial charge in [-0.1, -0.05) is 12.1 Å². The maximum absolute atomic E-state index is 12.7. The number of aromatic nitrogens is 1. The fourth-order valence-corrected chi connectivity index (χ4v) is 3.24. The zero-order chi connectivity index (χ0) is 16.1. The summed E-state index contributed by atoms with van der Waals surface area (Å²) in [6, 6.07) is 12.0. The average Bonchev–Trinajstić information content (AvgIpc) is 3.14. The van der Waals surface area contributed by atoms with Crippen molar-refractivity contribution in [3.8, 4) is 5.75 Å². The second-order valence-electron chi connectivity index (χ2n) is 6.07. The Bertz CT molecular complexity index is 631. The molecule has 1 aliphatic heterocycles. The molecule has 1 atom stereocenters. The molecular weight excluding hydrogens is 288 g/mol. The van der Waals surface area contributed by atoms with Crippen molar-refractivity contribution >= 4 is 5.91 Å². The fraction of sp³-hybridized carbons (Fsp3) is 0.421. The van der Waals surface area contributed by atoms with Gasteiger partial charge in [-0.05, 0) is 49.1 Å². The van der Waals surface area contributed by atoms with Crippen molar-refractivity contribution in [2.75, 3.05) is 20.2 Å². The Morgan fingerprint density at radius 3 is 2.57 bits per heavy atom. The molecule has 0 aliphatic carbocycles. The maximum Gasteiger partial charge on any atom is 0.225 e. The minimum Gasteiger partial charge on any atom is -0.497 e. The zero-order valence-corrected chi connectivity index (χ0v) is 13.6. The summed E-state index contributed by atoms with van der Waals surface area (Å²) in [7, 11) is 1.67. The predicted octanol–water partition coefficient (Wildman–Crippen LogP) is 3.49. The number of carbonyl (C=O) groups excluding carboxylic acids is 1. The summed E-state index contributed by atoms with van der Waals surface area (Å²) in [5.74, 6) is 1.07. The van der Waals surface area contributed by atoms with Gasteiger partial charge < -0.3 is 14.2 Å². The van der Waals surface area contributed by atoms with Gasteiger partial charge in [0.2, 0.25) is 5.91 Å². The van der Waals surface area contributed by atoms with Gasteiger partial charge in [-0.25, -0.2) is 0 Å². The SMILES string of the molecule is COc1cccc([C@H](CC(=O)N2CCCCC2)n2cccc2)c1. The highest BCUT2D eigenvalue weighted by Gasteiger charge is 2.23. The van der Waals surface area contributed by atoms with Crippen molar-refractivity contribution < 1.29 is 9.53 Å². The van der Waals surface area contributed by atoms with E-state index in [4.69, 9.17) is 4.74 Å². The summed E-state index contributed by atoms with van der Waals surface area (Å²) in [5, 5.41) is 0. The summed E-state index contributed by atoms with van der Waals surface area (Å²) in [6.45, 7) is 1.80. The van der Waals surface area contributed by atoms with Gasteiger partial charge in [-0.15, -0.1) is 0 Å². The molecule has 0 saturated carbocycles. The van der Waals surface area contributed by atoms with Crippen molar-refractivity contribution in [1.82, 2.24) is 9.47 Å². The minimum atomic E-state index is 0.00882. The topological polar surface area (TPSA) is 34.5 Å². The lowest BCUT2D eigenvalue weighted by Crippen LogP contribution is -2.36. The first-order valence-electron chi connectivity index (χ1n) is 8.32. The lowest BCUT2D eigenvalue weighted by Gasteiger charge is -2.29. The Morgan fingerprint density at radius 2 is 1.87 bits per heavy atom. The quantitative estimate of drug-likeness (QED) is 0.847. The Hall–Kier alpha value is -2.23. The van der Waals surface area contributed by atoms with Gasteiger partial charge in [-0.3, -0.25) is 4.79 Å². The number of rotatable bonds is 5.